The van der Waals surface area contributed by atoms with Gasteiger partial charge in [0.1, 0.15) is 0 Å². The first-order valence-corrected chi connectivity index (χ1v) is 6.73. The van der Waals surface area contributed by atoms with Crippen molar-refractivity contribution < 1.29 is 19.6 Å². The molecule has 0 saturated carbocycles. The summed E-state index contributed by atoms with van der Waals surface area (Å²) in [6, 6.07) is 5.59. The van der Waals surface area contributed by atoms with Crippen molar-refractivity contribution in [1.82, 2.24) is 10.6 Å². The molecule has 1 aromatic rings. The average Bonchev–Trinajstić information content (AvgIpc) is 2.49. The molecule has 120 valence electrons. The van der Waals surface area contributed by atoms with Crippen molar-refractivity contribution in [3.8, 4) is 0 Å². The summed E-state index contributed by atoms with van der Waals surface area (Å²) in [5.41, 5.74) is 1.99. The Bertz CT molecular complexity index is 734. The van der Waals surface area contributed by atoms with Gasteiger partial charge in [-0.25, -0.2) is 4.79 Å². The van der Waals surface area contributed by atoms with Crippen LogP contribution in [-0.4, -0.2) is 22.4 Å². The molecular formula is C15H15N3O5. The van der Waals surface area contributed by atoms with Gasteiger partial charge in [-0.2, -0.15) is 0 Å². The van der Waals surface area contributed by atoms with Crippen LogP contribution in [0.3, 0.4) is 0 Å². The minimum Gasteiger partial charge on any atom is -0.478 e. The number of carbonyl (C=O) groups is 2. The lowest BCUT2D eigenvalue weighted by atomic mass is 9.84. The Morgan fingerprint density at radius 3 is 2.39 bits per heavy atom. The fourth-order valence-corrected chi connectivity index (χ4v) is 2.65. The standard InChI is InChI=1S/C15H15N3O5/c1-8-12(15(20)21)13(14(16-7-19)9(2)17-8)10-3-5-11(6-4-10)18(22)23/h3-7,13,17H,1-2H3,(H,16,19)(H,20,21). The van der Waals surface area contributed by atoms with Crippen LogP contribution in [0.5, 0.6) is 0 Å². The minimum absolute atomic E-state index is 0.0776. The number of hydrogen-bond donors (Lipinski definition) is 3. The smallest absolute Gasteiger partial charge is 0.334 e. The van der Waals surface area contributed by atoms with Gasteiger partial charge in [0.25, 0.3) is 5.69 Å². The van der Waals surface area contributed by atoms with Gasteiger partial charge in [0.05, 0.1) is 16.4 Å². The van der Waals surface area contributed by atoms with Crippen molar-refractivity contribution >= 4 is 18.1 Å². The lowest BCUT2D eigenvalue weighted by molar-refractivity contribution is -0.384. The van der Waals surface area contributed by atoms with Crippen LogP contribution in [-0.2, 0) is 9.59 Å². The van der Waals surface area contributed by atoms with Crippen LogP contribution < -0.4 is 10.6 Å². The average molecular weight is 317 g/mol. The molecule has 0 bridgehead atoms. The molecular weight excluding hydrogens is 302 g/mol. The molecule has 0 aromatic heterocycles. The predicted octanol–water partition coefficient (Wildman–Crippen LogP) is 1.62. The maximum atomic E-state index is 11.6. The van der Waals surface area contributed by atoms with E-state index >= 15 is 0 Å². The van der Waals surface area contributed by atoms with Gasteiger partial charge in [-0.1, -0.05) is 12.1 Å². The van der Waals surface area contributed by atoms with Crippen molar-refractivity contribution in [3.63, 3.8) is 0 Å². The van der Waals surface area contributed by atoms with Gasteiger partial charge in [0.2, 0.25) is 6.41 Å². The highest BCUT2D eigenvalue weighted by molar-refractivity contribution is 5.91. The van der Waals surface area contributed by atoms with Crippen molar-refractivity contribution in [2.75, 3.05) is 0 Å². The molecule has 8 heteroatoms. The van der Waals surface area contributed by atoms with E-state index in [4.69, 9.17) is 0 Å². The maximum Gasteiger partial charge on any atom is 0.334 e. The van der Waals surface area contributed by atoms with E-state index in [-0.39, 0.29) is 11.3 Å². The number of carboxylic acids is 1. The number of amides is 1. The molecule has 3 N–H and O–H groups in total. The van der Waals surface area contributed by atoms with Crippen molar-refractivity contribution in [2.24, 2.45) is 0 Å². The third-order valence-electron chi connectivity index (χ3n) is 3.64. The SMILES string of the molecule is CC1=C(NC=O)C(c2ccc([N+](=O)[O-])cc2)C(C(=O)O)=C(C)N1. The van der Waals surface area contributed by atoms with E-state index in [9.17, 15) is 24.8 Å². The molecule has 1 unspecified atom stereocenters. The van der Waals surface area contributed by atoms with Gasteiger partial charge in [0.15, 0.2) is 0 Å². The van der Waals surface area contributed by atoms with Gasteiger partial charge < -0.3 is 15.7 Å². The molecule has 23 heavy (non-hydrogen) atoms. The fraction of sp³-hybridized carbons (Fsp3) is 0.200. The van der Waals surface area contributed by atoms with E-state index in [1.165, 1.54) is 24.3 Å². The maximum absolute atomic E-state index is 11.6. The van der Waals surface area contributed by atoms with E-state index in [2.05, 4.69) is 10.6 Å². The number of allylic oxidation sites excluding steroid dienone is 3. The quantitative estimate of drug-likeness (QED) is 0.431. The van der Waals surface area contributed by atoms with Gasteiger partial charge in [-0.15, -0.1) is 0 Å². The van der Waals surface area contributed by atoms with Crippen LogP contribution in [0.2, 0.25) is 0 Å². The second-order valence-electron chi connectivity index (χ2n) is 5.05. The zero-order chi connectivity index (χ0) is 17.1. The van der Waals surface area contributed by atoms with Crippen LogP contribution in [0.1, 0.15) is 25.3 Å². The molecule has 1 aliphatic rings. The first kappa shape index (κ1) is 16.2. The number of dihydropyridines is 1. The molecule has 1 atom stereocenters. The van der Waals surface area contributed by atoms with Gasteiger partial charge in [-0.3, -0.25) is 14.9 Å². The van der Waals surface area contributed by atoms with Crippen molar-refractivity contribution in [2.45, 2.75) is 19.8 Å². The molecule has 0 spiro atoms. The summed E-state index contributed by atoms with van der Waals surface area (Å²) in [6.07, 6.45) is 0.471. The Hall–Kier alpha value is -3.16. The summed E-state index contributed by atoms with van der Waals surface area (Å²) in [7, 11) is 0. The summed E-state index contributed by atoms with van der Waals surface area (Å²) in [5.74, 6) is -1.85. The molecule has 0 radical (unpaired) electrons. The van der Waals surface area contributed by atoms with E-state index < -0.39 is 16.8 Å². The Balaban J connectivity index is 2.58. The number of non-ortho nitro benzene ring substituents is 1. The molecule has 1 amide bonds. The monoisotopic (exact) mass is 317 g/mol. The molecule has 0 fully saturated rings. The third kappa shape index (κ3) is 3.05. The first-order valence-electron chi connectivity index (χ1n) is 6.73. The number of carbonyl (C=O) groups excluding carboxylic acids is 1. The Labute approximate surface area is 131 Å². The second kappa shape index (κ2) is 6.30. The van der Waals surface area contributed by atoms with Gasteiger partial charge >= 0.3 is 5.97 Å². The van der Waals surface area contributed by atoms with Crippen LogP contribution in [0.25, 0.3) is 0 Å². The number of nitrogens with one attached hydrogen (secondary N) is 2. The van der Waals surface area contributed by atoms with Crippen LogP contribution in [0, 0.1) is 10.1 Å². The third-order valence-corrected chi connectivity index (χ3v) is 3.64. The minimum atomic E-state index is -1.13. The lowest BCUT2D eigenvalue weighted by Gasteiger charge is -2.30. The Kier molecular flexibility index (Phi) is 4.44. The summed E-state index contributed by atoms with van der Waals surface area (Å²) in [5, 5.41) is 25.7. The molecule has 2 rings (SSSR count). The van der Waals surface area contributed by atoms with E-state index in [0.717, 1.165) is 0 Å². The summed E-state index contributed by atoms with van der Waals surface area (Å²) >= 11 is 0. The van der Waals surface area contributed by atoms with Crippen LogP contribution >= 0.6 is 0 Å². The summed E-state index contributed by atoms with van der Waals surface area (Å²) in [4.78, 5) is 32.7. The van der Waals surface area contributed by atoms with Crippen LogP contribution in [0.4, 0.5) is 5.69 Å². The van der Waals surface area contributed by atoms with Gasteiger partial charge in [-0.05, 0) is 19.4 Å². The molecule has 1 aromatic carbocycles. The van der Waals surface area contributed by atoms with E-state index in [0.29, 0.717) is 29.1 Å². The van der Waals surface area contributed by atoms with E-state index in [1.54, 1.807) is 13.8 Å². The lowest BCUT2D eigenvalue weighted by Crippen LogP contribution is -2.33. The largest absolute Gasteiger partial charge is 0.478 e. The molecule has 0 aliphatic carbocycles. The zero-order valence-electron chi connectivity index (χ0n) is 12.5. The molecule has 0 saturated heterocycles. The molecule has 1 heterocycles. The number of aliphatic carboxylic acids is 1. The van der Waals surface area contributed by atoms with Crippen LogP contribution in [0.15, 0.2) is 46.9 Å². The number of benzene rings is 1. The normalized spacial score (nSPS) is 17.6. The number of nitrogens with zero attached hydrogens (tertiary/aromatic N) is 1. The topological polar surface area (TPSA) is 122 Å². The highest BCUT2D eigenvalue weighted by Crippen LogP contribution is 2.37. The Morgan fingerprint density at radius 2 is 1.91 bits per heavy atom. The highest BCUT2D eigenvalue weighted by Gasteiger charge is 2.33. The zero-order valence-corrected chi connectivity index (χ0v) is 12.5. The second-order valence-corrected chi connectivity index (χ2v) is 5.05. The fourth-order valence-electron chi connectivity index (χ4n) is 2.65. The number of rotatable bonds is 5. The number of nitro groups is 1. The van der Waals surface area contributed by atoms with Crippen molar-refractivity contribution in [3.05, 3.63) is 62.6 Å². The molecule has 1 aliphatic heterocycles. The number of carboxylic acid groups (broad SMARTS) is 1. The molecule has 8 nitrogen and oxygen atoms in total. The first-order chi connectivity index (χ1) is 10.9. The number of nitro benzene ring substituents is 1. The number of hydrogen-bond acceptors (Lipinski definition) is 5. The predicted molar refractivity (Wildman–Crippen MR) is 81.2 cm³/mol. The van der Waals surface area contributed by atoms with E-state index in [1.807, 2.05) is 0 Å². The highest BCUT2D eigenvalue weighted by atomic mass is 16.6. The van der Waals surface area contributed by atoms with Gasteiger partial charge in [0, 0.05) is 29.2 Å². The summed E-state index contributed by atoms with van der Waals surface area (Å²) in [6.45, 7) is 3.34. The summed E-state index contributed by atoms with van der Waals surface area (Å²) < 4.78 is 0. The Morgan fingerprint density at radius 1 is 1.30 bits per heavy atom. The van der Waals surface area contributed by atoms with Crippen molar-refractivity contribution in [1.29, 1.82) is 0 Å².